The number of rotatable bonds is 14. The van der Waals surface area contributed by atoms with Crippen LogP contribution in [0.15, 0.2) is 145 Å². The van der Waals surface area contributed by atoms with Gasteiger partial charge in [0.25, 0.3) is 6.47 Å². The van der Waals surface area contributed by atoms with Crippen LogP contribution >= 0.6 is 0 Å². The molecule has 256 valence electrons. The van der Waals surface area contributed by atoms with E-state index in [-0.39, 0.29) is 6.42 Å². The first kappa shape index (κ1) is 33.7. The number of ether oxygens (including phenoxy) is 1. The van der Waals surface area contributed by atoms with Crippen LogP contribution in [-0.4, -0.2) is 59.0 Å². The Labute approximate surface area is 299 Å². The lowest BCUT2D eigenvalue weighted by Gasteiger charge is -2.29. The van der Waals surface area contributed by atoms with Crippen molar-refractivity contribution in [2.45, 2.75) is 37.5 Å². The zero-order valence-corrected chi connectivity index (χ0v) is 28.8. The number of hydrogen-bond acceptors (Lipinski definition) is 4. The first-order valence-corrected chi connectivity index (χ1v) is 17.8. The van der Waals surface area contributed by atoms with Crippen LogP contribution in [0.1, 0.15) is 36.0 Å². The summed E-state index contributed by atoms with van der Waals surface area (Å²) in [7, 11) is 0. The van der Waals surface area contributed by atoms with Gasteiger partial charge >= 0.3 is 5.97 Å². The molecule has 2 heterocycles. The number of nitrogens with zero attached hydrogens (tertiary/aromatic N) is 2. The number of carbonyl (C=O) groups is 2. The molecule has 0 aromatic heterocycles. The summed E-state index contributed by atoms with van der Waals surface area (Å²) in [4.78, 5) is 25.2. The van der Waals surface area contributed by atoms with Crippen LogP contribution in [0.5, 0.6) is 0 Å². The Morgan fingerprint density at radius 2 is 1.39 bits per heavy atom. The van der Waals surface area contributed by atoms with Gasteiger partial charge < -0.3 is 14.7 Å². The maximum Gasteiger partial charge on any atom is 0.309 e. The molecule has 6 heteroatoms. The Hall–Kier alpha value is -5.75. The largest absolute Gasteiger partial charge is 0.481 e. The zero-order chi connectivity index (χ0) is 35.0. The minimum absolute atomic E-state index is 0.0102. The molecule has 0 aliphatic carbocycles. The van der Waals surface area contributed by atoms with Gasteiger partial charge in [-0.1, -0.05) is 121 Å². The van der Waals surface area contributed by atoms with Gasteiger partial charge in [-0.05, 0) is 65.1 Å². The van der Waals surface area contributed by atoms with Crippen LogP contribution in [0.25, 0.3) is 21.5 Å². The van der Waals surface area contributed by atoms with Gasteiger partial charge in [-0.2, -0.15) is 4.58 Å². The van der Waals surface area contributed by atoms with Crippen molar-refractivity contribution in [1.29, 1.82) is 0 Å². The Kier molecular flexibility index (Phi) is 10.2. The minimum atomic E-state index is -0.820. The molecule has 0 unspecified atom stereocenters. The van der Waals surface area contributed by atoms with Crippen molar-refractivity contribution in [3.8, 4) is 0 Å². The predicted octanol–water partition coefficient (Wildman–Crippen LogP) is 8.55. The summed E-state index contributed by atoms with van der Waals surface area (Å²) < 4.78 is 7.25. The molecule has 0 spiro atoms. The Balaban J connectivity index is 1.44. The van der Waals surface area contributed by atoms with E-state index in [1.165, 1.54) is 33.2 Å². The van der Waals surface area contributed by atoms with Crippen molar-refractivity contribution < 1.29 is 24.0 Å². The number of aliphatic carboxylic acids is 1. The van der Waals surface area contributed by atoms with Crippen LogP contribution < -0.4 is 0 Å². The second-order valence-electron chi connectivity index (χ2n) is 13.4. The lowest BCUT2D eigenvalue weighted by molar-refractivity contribution is -0.435. The van der Waals surface area contributed by atoms with E-state index in [1.54, 1.807) is 0 Å². The fourth-order valence-electron chi connectivity index (χ4n) is 8.18. The number of carboxylic acids is 1. The van der Waals surface area contributed by atoms with Gasteiger partial charge in [0.15, 0.2) is 12.3 Å². The molecule has 2 aliphatic rings. The molecular formula is C45H43N2O4+. The summed E-state index contributed by atoms with van der Waals surface area (Å²) in [6.45, 7) is 2.87. The van der Waals surface area contributed by atoms with E-state index in [0.29, 0.717) is 26.2 Å². The average molecular weight is 676 g/mol. The van der Waals surface area contributed by atoms with E-state index < -0.39 is 11.4 Å². The molecule has 0 bridgehead atoms. The van der Waals surface area contributed by atoms with Gasteiger partial charge in [0.1, 0.15) is 13.0 Å². The molecule has 5 aromatic rings. The second kappa shape index (κ2) is 15.4. The van der Waals surface area contributed by atoms with Crippen molar-refractivity contribution in [1.82, 2.24) is 4.90 Å². The number of carboxylic acid groups (broad SMARTS) is 1. The monoisotopic (exact) mass is 675 g/mol. The van der Waals surface area contributed by atoms with Gasteiger partial charge in [-0.25, -0.2) is 0 Å². The third-order valence-electron chi connectivity index (χ3n) is 10.3. The fourth-order valence-corrected chi connectivity index (χ4v) is 8.18. The van der Waals surface area contributed by atoms with Crippen LogP contribution in [0, 0.1) is 0 Å². The van der Waals surface area contributed by atoms with Crippen molar-refractivity contribution in [2.24, 2.45) is 0 Å². The maximum absolute atomic E-state index is 12.2. The molecule has 0 amide bonds. The first-order valence-electron chi connectivity index (χ1n) is 17.8. The smallest absolute Gasteiger partial charge is 0.309 e. The molecule has 6 nitrogen and oxygen atoms in total. The van der Waals surface area contributed by atoms with E-state index in [2.05, 4.69) is 149 Å². The normalized spacial score (nSPS) is 16.2. The first-order chi connectivity index (χ1) is 25.1. The van der Waals surface area contributed by atoms with Crippen molar-refractivity contribution in [3.05, 3.63) is 162 Å². The highest BCUT2D eigenvalue weighted by Crippen LogP contribution is 2.52. The van der Waals surface area contributed by atoms with E-state index >= 15 is 0 Å². The Morgan fingerprint density at radius 3 is 2.04 bits per heavy atom. The average Bonchev–Trinajstić information content (AvgIpc) is 3.71. The number of likely N-dealkylation sites (tertiary alicyclic amines) is 1. The molecule has 51 heavy (non-hydrogen) atoms. The van der Waals surface area contributed by atoms with E-state index in [4.69, 9.17) is 4.74 Å². The van der Waals surface area contributed by atoms with Crippen LogP contribution in [0.3, 0.4) is 0 Å². The topological polar surface area (TPSA) is 69.8 Å². The number of allylic oxidation sites excluding steroid dienone is 6. The van der Waals surface area contributed by atoms with Gasteiger partial charge in [-0.3, -0.25) is 9.59 Å². The third kappa shape index (κ3) is 7.00. The lowest BCUT2D eigenvalue weighted by Crippen LogP contribution is -2.39. The molecule has 1 saturated heterocycles. The van der Waals surface area contributed by atoms with Crippen molar-refractivity contribution in [3.63, 3.8) is 0 Å². The maximum atomic E-state index is 12.2. The van der Waals surface area contributed by atoms with E-state index in [9.17, 15) is 14.7 Å². The highest BCUT2D eigenvalue weighted by molar-refractivity contribution is 6.19. The molecule has 2 aliphatic heterocycles. The number of fused-ring (bicyclic) bond motifs is 6. The van der Waals surface area contributed by atoms with Crippen molar-refractivity contribution >= 4 is 45.4 Å². The van der Waals surface area contributed by atoms with Gasteiger partial charge in [0.05, 0.1) is 17.3 Å². The standard InChI is InChI=1S/C45H42N2O4/c48-33-51-30-29-46-27-14-20-36(46)19-8-3-9-25-41-45(31-34-15-4-1-5-16-34,32-35-17-6-2-7-18-35)43-39-23-12-10-21-37(39)38-22-11-13-24-40(38)44(43)47(41)28-26-42(49)50/h1-13,15-19,21-25,33H,14,20,26-32H2/p+1. The second-order valence-corrected chi connectivity index (χ2v) is 13.4. The van der Waals surface area contributed by atoms with Crippen LogP contribution in [-0.2, 0) is 32.6 Å². The number of benzene rings is 5. The third-order valence-corrected chi connectivity index (χ3v) is 10.3. The Morgan fingerprint density at radius 1 is 0.784 bits per heavy atom. The highest BCUT2D eigenvalue weighted by Gasteiger charge is 2.53. The summed E-state index contributed by atoms with van der Waals surface area (Å²) in [5, 5.41) is 14.7. The zero-order valence-electron chi connectivity index (χ0n) is 28.8. The Bertz CT molecular complexity index is 2120. The summed E-state index contributed by atoms with van der Waals surface area (Å²) >= 11 is 0. The fraction of sp³-hybridized carbons (Fsp3) is 0.222. The molecular weight excluding hydrogens is 633 g/mol. The van der Waals surface area contributed by atoms with Crippen LogP contribution in [0.4, 0.5) is 5.69 Å². The van der Waals surface area contributed by atoms with Gasteiger partial charge in [0.2, 0.25) is 5.69 Å². The van der Waals surface area contributed by atoms with E-state index in [1.807, 2.05) is 0 Å². The molecule has 5 aromatic carbocycles. The predicted molar refractivity (Wildman–Crippen MR) is 205 cm³/mol. The van der Waals surface area contributed by atoms with E-state index in [0.717, 1.165) is 54.4 Å². The summed E-state index contributed by atoms with van der Waals surface area (Å²) in [5.41, 5.74) is 6.62. The van der Waals surface area contributed by atoms with Crippen LogP contribution in [0.2, 0.25) is 0 Å². The molecule has 1 fully saturated rings. The van der Waals surface area contributed by atoms with Gasteiger partial charge in [-0.15, -0.1) is 0 Å². The molecule has 1 N–H and O–H groups in total. The molecule has 7 rings (SSSR count). The lowest BCUT2D eigenvalue weighted by atomic mass is 9.67. The SMILES string of the molecule is O=COCCN1CCC/C1=C/C=C/C=C/C1=[N+](CCC(=O)O)c2c(c3ccccc3c3ccccc23)C1(Cc1ccccc1)Cc1ccccc1. The molecule has 0 saturated carbocycles. The minimum Gasteiger partial charge on any atom is -0.481 e. The van der Waals surface area contributed by atoms with Gasteiger partial charge in [0, 0.05) is 23.9 Å². The highest BCUT2D eigenvalue weighted by atomic mass is 16.5. The summed E-state index contributed by atoms with van der Waals surface area (Å²) in [6, 6.07) is 38.6. The summed E-state index contributed by atoms with van der Waals surface area (Å²) in [6.07, 6.45) is 14.2. The number of hydrogen-bond donors (Lipinski definition) is 1. The quantitative estimate of drug-likeness (QED) is 0.0420. The molecule has 0 radical (unpaired) electrons. The summed E-state index contributed by atoms with van der Waals surface area (Å²) in [5.74, 6) is -0.820. The van der Waals surface area contributed by atoms with Crippen molar-refractivity contribution in [2.75, 3.05) is 26.2 Å². The molecule has 0 atom stereocenters. The number of carbonyl (C=O) groups excluding carboxylic acids is 1.